The molecule has 2 N–H and O–H groups in total. The van der Waals surface area contributed by atoms with Crippen LogP contribution in [0.15, 0.2) is 11.1 Å². The van der Waals surface area contributed by atoms with Crippen LogP contribution < -0.4 is 5.73 Å². The average molecular weight is 209 g/mol. The van der Waals surface area contributed by atoms with Crippen molar-refractivity contribution < 1.29 is 13.2 Å². The van der Waals surface area contributed by atoms with Gasteiger partial charge in [0.05, 0.1) is 0 Å². The van der Waals surface area contributed by atoms with Gasteiger partial charge in [0.25, 0.3) is 0 Å². The molecule has 0 unspecified atom stereocenters. The zero-order valence-electron chi connectivity index (χ0n) is 6.59. The van der Waals surface area contributed by atoms with E-state index in [1.165, 1.54) is 6.07 Å². The number of nitrogen functional groups attached to an aromatic ring is 1. The van der Waals surface area contributed by atoms with Crippen LogP contribution in [0.3, 0.4) is 0 Å². The van der Waals surface area contributed by atoms with E-state index in [0.717, 1.165) is 11.8 Å². The fourth-order valence-corrected chi connectivity index (χ4v) is 1.09. The summed E-state index contributed by atoms with van der Waals surface area (Å²) < 4.78 is 36.3. The third kappa shape index (κ3) is 2.48. The highest BCUT2D eigenvalue weighted by Crippen LogP contribution is 2.28. The van der Waals surface area contributed by atoms with Gasteiger partial charge in [-0.1, -0.05) is 0 Å². The smallest absolute Gasteiger partial charge is 0.384 e. The molecule has 0 fully saturated rings. The van der Waals surface area contributed by atoms with Gasteiger partial charge in [-0.25, -0.2) is 9.97 Å². The lowest BCUT2D eigenvalue weighted by molar-refractivity contribution is -0.145. The topological polar surface area (TPSA) is 51.8 Å². The number of nitrogens with two attached hydrogens (primary N) is 1. The average Bonchev–Trinajstić information content (AvgIpc) is 2.01. The molecule has 0 radical (unpaired) electrons. The number of hydrogen-bond acceptors (Lipinski definition) is 4. The first-order valence-corrected chi connectivity index (χ1v) is 4.41. The lowest BCUT2D eigenvalue weighted by atomic mass is 10.5. The van der Waals surface area contributed by atoms with Gasteiger partial charge in [-0.3, -0.25) is 0 Å². The predicted molar refractivity (Wildman–Crippen MR) is 43.2 cm³/mol. The van der Waals surface area contributed by atoms with Crippen LogP contribution in [-0.2, 0) is 6.18 Å². The monoisotopic (exact) mass is 209 g/mol. The first-order chi connectivity index (χ1) is 5.93. The molecule has 0 aliphatic carbocycles. The Morgan fingerprint density at radius 2 is 2.00 bits per heavy atom. The summed E-state index contributed by atoms with van der Waals surface area (Å²) in [6.07, 6.45) is -2.93. The number of alkyl halides is 3. The first kappa shape index (κ1) is 10.1. The van der Waals surface area contributed by atoms with Crippen LogP contribution >= 0.6 is 11.8 Å². The van der Waals surface area contributed by atoms with Crippen molar-refractivity contribution in [3.8, 4) is 0 Å². The summed E-state index contributed by atoms with van der Waals surface area (Å²) in [5, 5.41) is 0.208. The molecule has 1 heterocycles. The number of halogens is 3. The van der Waals surface area contributed by atoms with Crippen molar-refractivity contribution in [1.29, 1.82) is 0 Å². The molecule has 0 saturated carbocycles. The van der Waals surface area contributed by atoms with E-state index in [0.29, 0.717) is 0 Å². The predicted octanol–water partition coefficient (Wildman–Crippen LogP) is 1.80. The third-order valence-corrected chi connectivity index (χ3v) is 1.81. The van der Waals surface area contributed by atoms with E-state index in [4.69, 9.17) is 5.73 Å². The Hall–Kier alpha value is -0.980. The van der Waals surface area contributed by atoms with E-state index < -0.39 is 12.0 Å². The molecule has 0 aliphatic rings. The van der Waals surface area contributed by atoms with Crippen LogP contribution in [0.2, 0.25) is 0 Å². The van der Waals surface area contributed by atoms with Crippen LogP contribution in [0.4, 0.5) is 19.0 Å². The second-order valence-corrected chi connectivity index (χ2v) is 2.98. The molecule has 1 rings (SSSR count). The normalized spacial score (nSPS) is 11.7. The Morgan fingerprint density at radius 1 is 1.38 bits per heavy atom. The van der Waals surface area contributed by atoms with Crippen molar-refractivity contribution in [3.05, 3.63) is 11.9 Å². The molecular weight excluding hydrogens is 203 g/mol. The van der Waals surface area contributed by atoms with Crippen molar-refractivity contribution in [2.45, 2.75) is 11.2 Å². The highest BCUT2D eigenvalue weighted by Gasteiger charge is 2.35. The molecule has 0 amide bonds. The van der Waals surface area contributed by atoms with Crippen molar-refractivity contribution in [1.82, 2.24) is 9.97 Å². The second kappa shape index (κ2) is 3.41. The maximum atomic E-state index is 12.1. The van der Waals surface area contributed by atoms with Crippen molar-refractivity contribution in [2.24, 2.45) is 0 Å². The fraction of sp³-hybridized carbons (Fsp3) is 0.333. The summed E-state index contributed by atoms with van der Waals surface area (Å²) >= 11 is 1.08. The van der Waals surface area contributed by atoms with Crippen molar-refractivity contribution >= 4 is 17.6 Å². The molecule has 0 bridgehead atoms. The summed E-state index contributed by atoms with van der Waals surface area (Å²) in [7, 11) is 0. The number of aromatic nitrogens is 2. The molecule has 0 saturated heterocycles. The molecule has 0 aliphatic heterocycles. The second-order valence-electron chi connectivity index (χ2n) is 2.16. The van der Waals surface area contributed by atoms with Gasteiger partial charge in [0.1, 0.15) is 10.8 Å². The van der Waals surface area contributed by atoms with Crippen LogP contribution in [-0.4, -0.2) is 16.2 Å². The van der Waals surface area contributed by atoms with E-state index in [1.54, 1.807) is 6.26 Å². The standard InChI is InChI=1S/C6H6F3N3S/c1-13-4-2-3(10)11-5(12-4)6(7,8)9/h2H,1H3,(H2,10,11,12). The Bertz CT molecular complexity index is 312. The highest BCUT2D eigenvalue weighted by molar-refractivity contribution is 7.98. The van der Waals surface area contributed by atoms with E-state index in [1.807, 2.05) is 0 Å². The molecule has 72 valence electrons. The van der Waals surface area contributed by atoms with Gasteiger partial charge in [0.15, 0.2) is 0 Å². The van der Waals surface area contributed by atoms with Gasteiger partial charge in [-0.2, -0.15) is 13.2 Å². The van der Waals surface area contributed by atoms with Crippen LogP contribution in [0, 0.1) is 0 Å². The van der Waals surface area contributed by atoms with Crippen molar-refractivity contribution in [3.63, 3.8) is 0 Å². The summed E-state index contributed by atoms with van der Waals surface area (Å²) in [5.41, 5.74) is 5.17. The minimum Gasteiger partial charge on any atom is -0.384 e. The molecule has 3 nitrogen and oxygen atoms in total. The molecule has 13 heavy (non-hydrogen) atoms. The number of thioether (sulfide) groups is 1. The fourth-order valence-electron chi connectivity index (χ4n) is 0.674. The minimum absolute atomic E-state index is 0.174. The molecule has 1 aromatic rings. The minimum atomic E-state index is -4.54. The van der Waals surface area contributed by atoms with E-state index in [2.05, 4.69) is 9.97 Å². The summed E-state index contributed by atoms with van der Waals surface area (Å²) in [6, 6.07) is 1.29. The van der Waals surface area contributed by atoms with Gasteiger partial charge in [-0.05, 0) is 6.26 Å². The number of anilines is 1. The summed E-state index contributed by atoms with van der Waals surface area (Å²) in [4.78, 5) is 6.35. The number of rotatable bonds is 1. The van der Waals surface area contributed by atoms with Gasteiger partial charge in [0.2, 0.25) is 5.82 Å². The number of nitrogens with zero attached hydrogens (tertiary/aromatic N) is 2. The van der Waals surface area contributed by atoms with E-state index in [9.17, 15) is 13.2 Å². The summed E-state index contributed by atoms with van der Waals surface area (Å²) in [5.74, 6) is -1.37. The Morgan fingerprint density at radius 3 is 2.46 bits per heavy atom. The van der Waals surface area contributed by atoms with Gasteiger partial charge in [-0.15, -0.1) is 11.8 Å². The molecule has 7 heteroatoms. The van der Waals surface area contributed by atoms with Gasteiger partial charge >= 0.3 is 6.18 Å². The zero-order valence-corrected chi connectivity index (χ0v) is 7.41. The van der Waals surface area contributed by atoms with Crippen molar-refractivity contribution in [2.75, 3.05) is 12.0 Å². The third-order valence-electron chi connectivity index (χ3n) is 1.19. The molecule has 1 aromatic heterocycles. The summed E-state index contributed by atoms with van der Waals surface area (Å²) in [6.45, 7) is 0. The lowest BCUT2D eigenvalue weighted by Gasteiger charge is -2.06. The highest BCUT2D eigenvalue weighted by atomic mass is 32.2. The quantitative estimate of drug-likeness (QED) is 0.566. The largest absolute Gasteiger partial charge is 0.451 e. The van der Waals surface area contributed by atoms with Crippen LogP contribution in [0.5, 0.6) is 0 Å². The number of hydrogen-bond donors (Lipinski definition) is 1. The maximum Gasteiger partial charge on any atom is 0.451 e. The van der Waals surface area contributed by atoms with Crippen LogP contribution in [0.25, 0.3) is 0 Å². The molecule has 0 spiro atoms. The Kier molecular flexibility index (Phi) is 2.65. The molecular formula is C6H6F3N3S. The Balaban J connectivity index is 3.16. The van der Waals surface area contributed by atoms with Gasteiger partial charge in [0, 0.05) is 6.07 Å². The maximum absolute atomic E-state index is 12.1. The van der Waals surface area contributed by atoms with Gasteiger partial charge < -0.3 is 5.73 Å². The van der Waals surface area contributed by atoms with E-state index in [-0.39, 0.29) is 10.8 Å². The SMILES string of the molecule is CSc1cc(N)nc(C(F)(F)F)n1. The first-order valence-electron chi connectivity index (χ1n) is 3.19. The van der Waals surface area contributed by atoms with Crippen LogP contribution in [0.1, 0.15) is 5.82 Å². The Labute approximate surface area is 76.6 Å². The lowest BCUT2D eigenvalue weighted by Crippen LogP contribution is -2.12. The van der Waals surface area contributed by atoms with E-state index >= 15 is 0 Å². The zero-order chi connectivity index (χ0) is 10.1. The molecule has 0 atom stereocenters. The molecule has 0 aromatic carbocycles.